The molecule has 4 nitrogen and oxygen atoms in total. The fourth-order valence-corrected chi connectivity index (χ4v) is 1.52. The third kappa shape index (κ3) is 1.65. The summed E-state index contributed by atoms with van der Waals surface area (Å²) < 4.78 is 4.98. The molecular formula is C8H7N3OS. The molecule has 0 amide bonds. The monoisotopic (exact) mass is 193 g/mol. The molecule has 2 aromatic heterocycles. The third-order valence-corrected chi connectivity index (χ3v) is 2.30. The van der Waals surface area contributed by atoms with Gasteiger partial charge in [-0.2, -0.15) is 0 Å². The minimum Gasteiger partial charge on any atom is -0.481 e. The number of ether oxygens (including phenoxy) is 1. The van der Waals surface area contributed by atoms with Gasteiger partial charge in [-0.25, -0.2) is 15.0 Å². The van der Waals surface area contributed by atoms with Crippen LogP contribution in [0.3, 0.4) is 0 Å². The van der Waals surface area contributed by atoms with Crippen LogP contribution in [0.4, 0.5) is 0 Å². The van der Waals surface area contributed by atoms with E-state index in [1.807, 2.05) is 5.38 Å². The van der Waals surface area contributed by atoms with Gasteiger partial charge in [0.1, 0.15) is 17.0 Å². The Morgan fingerprint density at radius 3 is 2.92 bits per heavy atom. The van der Waals surface area contributed by atoms with E-state index in [0.29, 0.717) is 5.88 Å². The van der Waals surface area contributed by atoms with Gasteiger partial charge in [-0.05, 0) is 0 Å². The van der Waals surface area contributed by atoms with Crippen LogP contribution in [0, 0.1) is 0 Å². The topological polar surface area (TPSA) is 47.9 Å². The summed E-state index contributed by atoms with van der Waals surface area (Å²) in [5.74, 6) is 0.556. The average Bonchev–Trinajstić information content (AvgIpc) is 2.71. The maximum absolute atomic E-state index is 4.98. The molecule has 0 unspecified atom stereocenters. The number of aromatic nitrogens is 3. The Hall–Kier alpha value is -1.49. The lowest BCUT2D eigenvalue weighted by Gasteiger charge is -1.98. The molecule has 0 aliphatic rings. The van der Waals surface area contributed by atoms with Gasteiger partial charge in [0.2, 0.25) is 5.88 Å². The van der Waals surface area contributed by atoms with Crippen LogP contribution in [0.25, 0.3) is 10.7 Å². The quantitative estimate of drug-likeness (QED) is 0.727. The van der Waals surface area contributed by atoms with Gasteiger partial charge in [0.15, 0.2) is 0 Å². The largest absolute Gasteiger partial charge is 0.481 e. The first-order valence-electron chi connectivity index (χ1n) is 3.66. The number of nitrogens with zero attached hydrogens (tertiary/aromatic N) is 3. The van der Waals surface area contributed by atoms with E-state index in [1.54, 1.807) is 19.4 Å². The van der Waals surface area contributed by atoms with Gasteiger partial charge in [0, 0.05) is 17.6 Å². The Kier molecular flexibility index (Phi) is 2.18. The molecule has 0 bridgehead atoms. The fourth-order valence-electron chi connectivity index (χ4n) is 0.918. The summed E-state index contributed by atoms with van der Waals surface area (Å²) in [5, 5.41) is 2.78. The second-order valence-corrected chi connectivity index (χ2v) is 3.18. The second-order valence-electron chi connectivity index (χ2n) is 2.28. The first-order chi connectivity index (χ1) is 6.40. The van der Waals surface area contributed by atoms with Gasteiger partial charge in [-0.1, -0.05) is 0 Å². The van der Waals surface area contributed by atoms with Crippen molar-refractivity contribution in [1.29, 1.82) is 0 Å². The van der Waals surface area contributed by atoms with Crippen molar-refractivity contribution in [3.63, 3.8) is 0 Å². The lowest BCUT2D eigenvalue weighted by molar-refractivity contribution is 0.397. The van der Waals surface area contributed by atoms with Crippen LogP contribution in [0.15, 0.2) is 24.0 Å². The van der Waals surface area contributed by atoms with Crippen LogP contribution in [-0.2, 0) is 0 Å². The Balaban J connectivity index is 2.41. The van der Waals surface area contributed by atoms with Crippen molar-refractivity contribution in [3.8, 4) is 16.6 Å². The van der Waals surface area contributed by atoms with Crippen LogP contribution in [-0.4, -0.2) is 22.1 Å². The molecule has 0 radical (unpaired) electrons. The number of hydrogen-bond donors (Lipinski definition) is 0. The van der Waals surface area contributed by atoms with Crippen LogP contribution >= 0.6 is 11.3 Å². The fraction of sp³-hybridized carbons (Fsp3) is 0.125. The van der Waals surface area contributed by atoms with Crippen molar-refractivity contribution in [2.75, 3.05) is 7.11 Å². The van der Waals surface area contributed by atoms with Gasteiger partial charge in [0.25, 0.3) is 0 Å². The van der Waals surface area contributed by atoms with Crippen molar-refractivity contribution >= 4 is 11.3 Å². The first kappa shape index (κ1) is 8.12. The summed E-state index contributed by atoms with van der Waals surface area (Å²) in [6.07, 6.45) is 3.21. The lowest BCUT2D eigenvalue weighted by atomic mass is 10.4. The Bertz CT molecular complexity index is 388. The smallest absolute Gasteiger partial charge is 0.216 e. The van der Waals surface area contributed by atoms with Gasteiger partial charge in [-0.15, -0.1) is 11.3 Å². The Labute approximate surface area is 79.3 Å². The van der Waals surface area contributed by atoms with Gasteiger partial charge < -0.3 is 4.74 Å². The normalized spacial score (nSPS) is 9.92. The van der Waals surface area contributed by atoms with Crippen LogP contribution in [0.5, 0.6) is 5.88 Å². The number of thiazole rings is 1. The predicted molar refractivity (Wildman–Crippen MR) is 49.7 cm³/mol. The van der Waals surface area contributed by atoms with Crippen LogP contribution < -0.4 is 4.74 Å². The summed E-state index contributed by atoms with van der Waals surface area (Å²) in [7, 11) is 1.58. The highest BCUT2D eigenvalue weighted by Crippen LogP contribution is 2.20. The van der Waals surface area contributed by atoms with Crippen molar-refractivity contribution < 1.29 is 4.74 Å². The highest BCUT2D eigenvalue weighted by Gasteiger charge is 2.03. The Morgan fingerprint density at radius 1 is 1.31 bits per heavy atom. The molecule has 0 spiro atoms. The van der Waals surface area contributed by atoms with Gasteiger partial charge in [-0.3, -0.25) is 0 Å². The molecule has 13 heavy (non-hydrogen) atoms. The molecule has 2 heterocycles. The molecule has 0 atom stereocenters. The zero-order chi connectivity index (χ0) is 9.10. The maximum atomic E-state index is 4.98. The molecule has 66 valence electrons. The molecular weight excluding hydrogens is 186 g/mol. The number of rotatable bonds is 2. The highest BCUT2D eigenvalue weighted by molar-refractivity contribution is 7.13. The zero-order valence-electron chi connectivity index (χ0n) is 6.97. The summed E-state index contributed by atoms with van der Waals surface area (Å²) in [6, 6.07) is 1.76. The zero-order valence-corrected chi connectivity index (χ0v) is 7.78. The maximum Gasteiger partial charge on any atom is 0.216 e. The molecule has 0 fully saturated rings. The van der Waals surface area contributed by atoms with E-state index in [1.165, 1.54) is 17.7 Å². The third-order valence-electron chi connectivity index (χ3n) is 1.50. The standard InChI is InChI=1S/C8H7N3OS/c1-12-7-4-6(10-5-11-7)8-9-2-3-13-8/h2-5H,1H3. The van der Waals surface area contributed by atoms with E-state index in [-0.39, 0.29) is 0 Å². The molecule has 0 aliphatic heterocycles. The van der Waals surface area contributed by atoms with Crippen molar-refractivity contribution in [1.82, 2.24) is 15.0 Å². The molecule has 2 aromatic rings. The van der Waals surface area contributed by atoms with E-state index in [4.69, 9.17) is 4.74 Å². The molecule has 0 saturated heterocycles. The molecule has 0 aliphatic carbocycles. The number of methoxy groups -OCH3 is 1. The summed E-state index contributed by atoms with van der Waals surface area (Å²) >= 11 is 1.54. The molecule has 0 saturated carbocycles. The Morgan fingerprint density at radius 2 is 2.23 bits per heavy atom. The minimum atomic E-state index is 0.556. The molecule has 5 heteroatoms. The van der Waals surface area contributed by atoms with E-state index >= 15 is 0 Å². The highest BCUT2D eigenvalue weighted by atomic mass is 32.1. The lowest BCUT2D eigenvalue weighted by Crippen LogP contribution is -1.90. The molecule has 0 aromatic carbocycles. The summed E-state index contributed by atoms with van der Waals surface area (Å²) in [6.45, 7) is 0. The second kappa shape index (κ2) is 3.49. The molecule has 0 N–H and O–H groups in total. The average molecular weight is 193 g/mol. The van der Waals surface area contributed by atoms with Crippen molar-refractivity contribution in [2.45, 2.75) is 0 Å². The number of hydrogen-bond acceptors (Lipinski definition) is 5. The predicted octanol–water partition coefficient (Wildman–Crippen LogP) is 1.61. The molecule has 2 rings (SSSR count). The van der Waals surface area contributed by atoms with E-state index in [9.17, 15) is 0 Å². The van der Waals surface area contributed by atoms with Gasteiger partial charge in [0.05, 0.1) is 7.11 Å². The van der Waals surface area contributed by atoms with Crippen molar-refractivity contribution in [2.24, 2.45) is 0 Å². The van der Waals surface area contributed by atoms with E-state index < -0.39 is 0 Å². The van der Waals surface area contributed by atoms with Gasteiger partial charge >= 0.3 is 0 Å². The SMILES string of the molecule is COc1cc(-c2nccs2)ncn1. The summed E-state index contributed by atoms with van der Waals surface area (Å²) in [5.41, 5.74) is 0.793. The first-order valence-corrected chi connectivity index (χ1v) is 4.54. The van der Waals surface area contributed by atoms with Crippen LogP contribution in [0.1, 0.15) is 0 Å². The van der Waals surface area contributed by atoms with E-state index in [2.05, 4.69) is 15.0 Å². The minimum absolute atomic E-state index is 0.556. The summed E-state index contributed by atoms with van der Waals surface area (Å²) in [4.78, 5) is 12.1. The van der Waals surface area contributed by atoms with Crippen molar-refractivity contribution in [3.05, 3.63) is 24.0 Å². The van der Waals surface area contributed by atoms with Crippen LogP contribution in [0.2, 0.25) is 0 Å². The van der Waals surface area contributed by atoms with E-state index in [0.717, 1.165) is 10.7 Å².